The lowest BCUT2D eigenvalue weighted by molar-refractivity contribution is 0.680. The fourth-order valence-corrected chi connectivity index (χ4v) is 2.11. The van der Waals surface area contributed by atoms with E-state index in [0.29, 0.717) is 11.2 Å². The number of imidazole rings is 1. The first-order chi connectivity index (χ1) is 7.86. The monoisotopic (exact) mass is 236 g/mol. The van der Waals surface area contributed by atoms with Crippen molar-refractivity contribution in [2.45, 2.75) is 19.8 Å². The van der Waals surface area contributed by atoms with Gasteiger partial charge in [-0.25, -0.2) is 9.78 Å². The predicted molar refractivity (Wildman–Crippen MR) is 65.3 cm³/mol. The molecule has 0 aliphatic carbocycles. The van der Waals surface area contributed by atoms with Crippen molar-refractivity contribution in [1.82, 2.24) is 18.7 Å². The Labute approximate surface area is 98.1 Å². The van der Waals surface area contributed by atoms with Crippen LogP contribution in [-0.4, -0.2) is 18.7 Å². The number of hydrogen-bond acceptors (Lipinski definition) is 3. The van der Waals surface area contributed by atoms with Gasteiger partial charge in [-0.1, -0.05) is 13.8 Å². The zero-order valence-electron chi connectivity index (χ0n) is 10.7. The van der Waals surface area contributed by atoms with Gasteiger partial charge in [-0.15, -0.1) is 0 Å². The van der Waals surface area contributed by atoms with E-state index >= 15 is 0 Å². The first-order valence-corrected chi connectivity index (χ1v) is 5.48. The molecule has 0 atom stereocenters. The van der Waals surface area contributed by atoms with Crippen molar-refractivity contribution in [3.8, 4) is 0 Å². The van der Waals surface area contributed by atoms with Crippen LogP contribution in [0.1, 0.15) is 25.6 Å². The van der Waals surface area contributed by atoms with Crippen molar-refractivity contribution < 1.29 is 0 Å². The summed E-state index contributed by atoms with van der Waals surface area (Å²) in [4.78, 5) is 28.1. The number of nitrogens with zero attached hydrogens (tertiary/aromatic N) is 4. The molecule has 17 heavy (non-hydrogen) atoms. The molecule has 0 N–H and O–H groups in total. The smallest absolute Gasteiger partial charge is 0.317 e. The van der Waals surface area contributed by atoms with Crippen LogP contribution < -0.4 is 11.2 Å². The lowest BCUT2D eigenvalue weighted by Gasteiger charge is -2.07. The number of rotatable bonds is 1. The molecule has 0 unspecified atom stereocenters. The van der Waals surface area contributed by atoms with Gasteiger partial charge in [0.25, 0.3) is 5.56 Å². The minimum absolute atomic E-state index is 0.201. The van der Waals surface area contributed by atoms with E-state index in [1.54, 1.807) is 7.05 Å². The van der Waals surface area contributed by atoms with E-state index in [1.165, 1.54) is 11.6 Å². The molecular formula is C11H16N4O2. The van der Waals surface area contributed by atoms with E-state index in [2.05, 4.69) is 4.98 Å². The Bertz CT molecular complexity index is 703. The van der Waals surface area contributed by atoms with Gasteiger partial charge < -0.3 is 4.57 Å². The van der Waals surface area contributed by atoms with Crippen molar-refractivity contribution in [2.24, 2.45) is 21.1 Å². The number of aromatic nitrogens is 4. The molecule has 2 heterocycles. The molecule has 6 nitrogen and oxygen atoms in total. The first-order valence-electron chi connectivity index (χ1n) is 5.48. The zero-order chi connectivity index (χ0) is 12.9. The average molecular weight is 236 g/mol. The Hall–Kier alpha value is -1.85. The van der Waals surface area contributed by atoms with Gasteiger partial charge in [-0.2, -0.15) is 0 Å². The lowest BCUT2D eigenvalue weighted by Crippen LogP contribution is -2.37. The Morgan fingerprint density at radius 2 is 1.59 bits per heavy atom. The highest BCUT2D eigenvalue weighted by molar-refractivity contribution is 5.70. The molecule has 2 aromatic heterocycles. The van der Waals surface area contributed by atoms with Crippen molar-refractivity contribution in [2.75, 3.05) is 0 Å². The fraction of sp³-hybridized carbons (Fsp3) is 0.545. The molecule has 0 amide bonds. The Kier molecular flexibility index (Phi) is 2.45. The molecular weight excluding hydrogens is 220 g/mol. The summed E-state index contributed by atoms with van der Waals surface area (Å²) in [5.41, 5.74) is 0.244. The molecule has 0 fully saturated rings. The Morgan fingerprint density at radius 3 is 2.12 bits per heavy atom. The van der Waals surface area contributed by atoms with Crippen LogP contribution in [0.4, 0.5) is 0 Å². The van der Waals surface area contributed by atoms with Gasteiger partial charge in [-0.3, -0.25) is 13.9 Å². The highest BCUT2D eigenvalue weighted by Gasteiger charge is 2.17. The molecule has 2 rings (SSSR count). The molecule has 0 spiro atoms. The molecule has 6 heteroatoms. The quantitative estimate of drug-likeness (QED) is 0.705. The second kappa shape index (κ2) is 3.58. The third kappa shape index (κ3) is 1.44. The molecule has 0 saturated carbocycles. The van der Waals surface area contributed by atoms with Gasteiger partial charge in [0.15, 0.2) is 5.52 Å². The largest absolute Gasteiger partial charge is 0.332 e. The molecule has 0 aromatic carbocycles. The van der Waals surface area contributed by atoms with Gasteiger partial charge in [0.1, 0.15) is 11.5 Å². The summed E-state index contributed by atoms with van der Waals surface area (Å²) in [6.45, 7) is 4.01. The molecule has 0 aliphatic heterocycles. The van der Waals surface area contributed by atoms with Crippen LogP contribution in [0.25, 0.3) is 11.2 Å². The third-order valence-corrected chi connectivity index (χ3v) is 3.01. The number of hydrogen-bond donors (Lipinski definition) is 0. The van der Waals surface area contributed by atoms with Crippen LogP contribution in [0, 0.1) is 0 Å². The Balaban J connectivity index is 3.08. The van der Waals surface area contributed by atoms with E-state index in [-0.39, 0.29) is 17.2 Å². The van der Waals surface area contributed by atoms with Gasteiger partial charge >= 0.3 is 5.69 Å². The van der Waals surface area contributed by atoms with Crippen LogP contribution in [0.5, 0.6) is 0 Å². The maximum absolute atomic E-state index is 12.0. The SMILES string of the molecule is CC(C)c1nc2c(=O)n(C)c(=O)n(C)c2n1C. The number of fused-ring (bicyclic) bond motifs is 1. The second-order valence-corrected chi connectivity index (χ2v) is 4.56. The summed E-state index contributed by atoms with van der Waals surface area (Å²) in [6, 6.07) is 0. The average Bonchev–Trinajstić information content (AvgIpc) is 2.62. The second-order valence-electron chi connectivity index (χ2n) is 4.56. The van der Waals surface area contributed by atoms with Crippen LogP contribution in [-0.2, 0) is 21.1 Å². The first kappa shape index (κ1) is 11.6. The fourth-order valence-electron chi connectivity index (χ4n) is 2.11. The molecule has 0 saturated heterocycles. The van der Waals surface area contributed by atoms with Crippen LogP contribution in [0.2, 0.25) is 0 Å². The van der Waals surface area contributed by atoms with E-state index in [1.807, 2.05) is 25.5 Å². The highest BCUT2D eigenvalue weighted by Crippen LogP contribution is 2.16. The predicted octanol–water partition coefficient (Wildman–Crippen LogP) is 0.0941. The van der Waals surface area contributed by atoms with Crippen LogP contribution in [0.3, 0.4) is 0 Å². The van der Waals surface area contributed by atoms with E-state index in [4.69, 9.17) is 0 Å². The summed E-state index contributed by atoms with van der Waals surface area (Å²) in [7, 11) is 4.94. The topological polar surface area (TPSA) is 61.8 Å². The highest BCUT2D eigenvalue weighted by atomic mass is 16.2. The summed E-state index contributed by atoms with van der Waals surface area (Å²) < 4.78 is 4.35. The van der Waals surface area contributed by atoms with Crippen LogP contribution >= 0.6 is 0 Å². The van der Waals surface area contributed by atoms with Gasteiger partial charge in [-0.05, 0) is 0 Å². The molecule has 92 valence electrons. The van der Waals surface area contributed by atoms with Crippen molar-refractivity contribution in [3.05, 3.63) is 26.7 Å². The van der Waals surface area contributed by atoms with E-state index in [9.17, 15) is 9.59 Å². The zero-order valence-corrected chi connectivity index (χ0v) is 10.7. The van der Waals surface area contributed by atoms with Gasteiger partial charge in [0.2, 0.25) is 0 Å². The maximum atomic E-state index is 12.0. The minimum Gasteiger partial charge on any atom is -0.317 e. The van der Waals surface area contributed by atoms with Crippen molar-refractivity contribution in [3.63, 3.8) is 0 Å². The summed E-state index contributed by atoms with van der Waals surface area (Å²) in [5.74, 6) is 1.01. The molecule has 2 aromatic rings. The van der Waals surface area contributed by atoms with Gasteiger partial charge in [0.05, 0.1) is 0 Å². The third-order valence-electron chi connectivity index (χ3n) is 3.01. The van der Waals surface area contributed by atoms with Gasteiger partial charge in [0, 0.05) is 27.1 Å². The Morgan fingerprint density at radius 1 is 1.00 bits per heavy atom. The standard InChI is InChI=1S/C11H16N4O2/c1-6(2)8-12-7-9(13(8)3)14(4)11(17)15(5)10(7)16/h6H,1-5H3. The van der Waals surface area contributed by atoms with Crippen molar-refractivity contribution in [1.29, 1.82) is 0 Å². The summed E-state index contributed by atoms with van der Waals surface area (Å²) in [6.07, 6.45) is 0. The summed E-state index contributed by atoms with van der Waals surface area (Å²) in [5, 5.41) is 0. The summed E-state index contributed by atoms with van der Waals surface area (Å²) >= 11 is 0. The van der Waals surface area contributed by atoms with E-state index in [0.717, 1.165) is 10.4 Å². The van der Waals surface area contributed by atoms with E-state index < -0.39 is 0 Å². The lowest BCUT2D eigenvalue weighted by atomic mass is 10.2. The minimum atomic E-state index is -0.342. The van der Waals surface area contributed by atoms with Crippen LogP contribution in [0.15, 0.2) is 9.59 Å². The van der Waals surface area contributed by atoms with Crippen molar-refractivity contribution >= 4 is 11.2 Å². The molecule has 0 aliphatic rings. The number of aryl methyl sites for hydroxylation is 2. The maximum Gasteiger partial charge on any atom is 0.332 e. The molecule has 0 bridgehead atoms. The normalized spacial score (nSPS) is 11.6. The molecule has 0 radical (unpaired) electrons.